The van der Waals surface area contributed by atoms with Gasteiger partial charge in [0.1, 0.15) is 5.75 Å². The number of nitrogens with zero attached hydrogens (tertiary/aromatic N) is 1. The molecule has 0 saturated heterocycles. The van der Waals surface area contributed by atoms with Crippen LogP contribution in [0.25, 0.3) is 0 Å². The molecule has 0 radical (unpaired) electrons. The van der Waals surface area contributed by atoms with Gasteiger partial charge in [-0.05, 0) is 44.9 Å². The zero-order valence-corrected chi connectivity index (χ0v) is 11.7. The van der Waals surface area contributed by atoms with Crippen LogP contribution in [-0.2, 0) is 0 Å². The lowest BCUT2D eigenvalue weighted by molar-refractivity contribution is 0.292. The van der Waals surface area contributed by atoms with Crippen molar-refractivity contribution in [2.24, 2.45) is 0 Å². The van der Waals surface area contributed by atoms with Crippen molar-refractivity contribution < 1.29 is 4.74 Å². The van der Waals surface area contributed by atoms with Crippen molar-refractivity contribution in [3.63, 3.8) is 0 Å². The predicted molar refractivity (Wildman–Crippen MR) is 73.7 cm³/mol. The highest BCUT2D eigenvalue weighted by Crippen LogP contribution is 2.19. The molecular formula is C15H22N2O. The van der Waals surface area contributed by atoms with Crippen LogP contribution in [-0.4, -0.2) is 18.7 Å². The molecule has 0 aromatic heterocycles. The van der Waals surface area contributed by atoms with Gasteiger partial charge in [-0.25, -0.2) is 0 Å². The minimum absolute atomic E-state index is 0.143. The molecule has 0 spiro atoms. The van der Waals surface area contributed by atoms with Crippen molar-refractivity contribution in [2.75, 3.05) is 6.61 Å². The van der Waals surface area contributed by atoms with E-state index < -0.39 is 0 Å². The van der Waals surface area contributed by atoms with E-state index in [9.17, 15) is 0 Å². The van der Waals surface area contributed by atoms with Gasteiger partial charge < -0.3 is 4.74 Å². The highest BCUT2D eigenvalue weighted by Gasteiger charge is 2.09. The van der Waals surface area contributed by atoms with Crippen molar-refractivity contribution in [1.29, 1.82) is 5.26 Å². The SMILES string of the molecule is Cc1ccc(C)c(OCCC(C#N)NC(C)C)c1. The van der Waals surface area contributed by atoms with Crippen LogP contribution in [0.5, 0.6) is 5.75 Å². The van der Waals surface area contributed by atoms with Gasteiger partial charge in [-0.2, -0.15) is 5.26 Å². The lowest BCUT2D eigenvalue weighted by Crippen LogP contribution is -2.34. The average Bonchev–Trinajstić information content (AvgIpc) is 2.31. The molecule has 0 fully saturated rings. The summed E-state index contributed by atoms with van der Waals surface area (Å²) in [5.74, 6) is 0.913. The number of nitrogens with one attached hydrogen (secondary N) is 1. The van der Waals surface area contributed by atoms with Crippen LogP contribution < -0.4 is 10.1 Å². The summed E-state index contributed by atoms with van der Waals surface area (Å²) in [4.78, 5) is 0. The van der Waals surface area contributed by atoms with E-state index in [0.717, 1.165) is 11.3 Å². The molecule has 1 rings (SSSR count). The lowest BCUT2D eigenvalue weighted by atomic mass is 10.1. The first-order valence-electron chi connectivity index (χ1n) is 6.38. The van der Waals surface area contributed by atoms with E-state index in [0.29, 0.717) is 19.1 Å². The van der Waals surface area contributed by atoms with E-state index in [2.05, 4.69) is 23.5 Å². The molecule has 1 N–H and O–H groups in total. The maximum atomic E-state index is 9.00. The fourth-order valence-electron chi connectivity index (χ4n) is 1.74. The maximum absolute atomic E-state index is 9.00. The molecule has 0 heterocycles. The Hall–Kier alpha value is -1.53. The van der Waals surface area contributed by atoms with Crippen LogP contribution in [0.3, 0.4) is 0 Å². The van der Waals surface area contributed by atoms with E-state index in [1.165, 1.54) is 5.56 Å². The van der Waals surface area contributed by atoms with Gasteiger partial charge in [0.2, 0.25) is 0 Å². The first kappa shape index (κ1) is 14.5. The monoisotopic (exact) mass is 246 g/mol. The maximum Gasteiger partial charge on any atom is 0.122 e. The van der Waals surface area contributed by atoms with E-state index in [4.69, 9.17) is 10.00 Å². The van der Waals surface area contributed by atoms with Crippen LogP contribution in [0.1, 0.15) is 31.4 Å². The smallest absolute Gasteiger partial charge is 0.122 e. The van der Waals surface area contributed by atoms with Crippen LogP contribution in [0.15, 0.2) is 18.2 Å². The van der Waals surface area contributed by atoms with Crippen LogP contribution in [0.2, 0.25) is 0 Å². The average molecular weight is 246 g/mol. The van der Waals surface area contributed by atoms with E-state index in [1.807, 2.05) is 33.8 Å². The number of nitriles is 1. The Labute approximate surface area is 110 Å². The molecule has 1 atom stereocenters. The molecule has 0 aliphatic rings. The fraction of sp³-hybridized carbons (Fsp3) is 0.533. The summed E-state index contributed by atoms with van der Waals surface area (Å²) in [5, 5.41) is 12.2. The number of aryl methyl sites for hydroxylation is 2. The zero-order valence-electron chi connectivity index (χ0n) is 11.7. The quantitative estimate of drug-likeness (QED) is 0.839. The molecule has 0 amide bonds. The Kier molecular flexibility index (Phi) is 5.67. The van der Waals surface area contributed by atoms with Crippen LogP contribution in [0.4, 0.5) is 0 Å². The largest absolute Gasteiger partial charge is 0.493 e. The van der Waals surface area contributed by atoms with Crippen LogP contribution >= 0.6 is 0 Å². The van der Waals surface area contributed by atoms with Gasteiger partial charge in [0.05, 0.1) is 18.7 Å². The standard InChI is InChI=1S/C15H22N2O/c1-11(2)17-14(10-16)7-8-18-15-9-12(3)5-6-13(15)4/h5-6,9,11,14,17H,7-8H2,1-4H3. The summed E-state index contributed by atoms with van der Waals surface area (Å²) in [6, 6.07) is 8.59. The second kappa shape index (κ2) is 7.03. The molecule has 0 aliphatic heterocycles. The summed E-state index contributed by atoms with van der Waals surface area (Å²) in [7, 11) is 0. The molecule has 0 aliphatic carbocycles. The number of rotatable bonds is 6. The van der Waals surface area contributed by atoms with E-state index in [1.54, 1.807) is 0 Å². The number of benzene rings is 1. The molecule has 1 aromatic carbocycles. The van der Waals surface area contributed by atoms with E-state index in [-0.39, 0.29) is 6.04 Å². The second-order valence-electron chi connectivity index (χ2n) is 4.91. The van der Waals surface area contributed by atoms with Crippen molar-refractivity contribution in [2.45, 2.75) is 46.2 Å². The van der Waals surface area contributed by atoms with Crippen molar-refractivity contribution in [3.8, 4) is 11.8 Å². The Morgan fingerprint density at radius 3 is 2.67 bits per heavy atom. The molecular weight excluding hydrogens is 224 g/mol. The highest BCUT2D eigenvalue weighted by molar-refractivity contribution is 5.35. The number of hydrogen-bond donors (Lipinski definition) is 1. The number of ether oxygens (including phenoxy) is 1. The molecule has 98 valence electrons. The summed E-state index contributed by atoms with van der Waals surface area (Å²) in [6.45, 7) is 8.71. The molecule has 1 aromatic rings. The second-order valence-corrected chi connectivity index (χ2v) is 4.91. The topological polar surface area (TPSA) is 45.0 Å². The third-order valence-electron chi connectivity index (χ3n) is 2.70. The Balaban J connectivity index is 2.46. The molecule has 18 heavy (non-hydrogen) atoms. The first-order valence-corrected chi connectivity index (χ1v) is 6.38. The first-order chi connectivity index (χ1) is 8.52. The predicted octanol–water partition coefficient (Wildman–Crippen LogP) is 2.96. The Morgan fingerprint density at radius 1 is 1.33 bits per heavy atom. The number of hydrogen-bond acceptors (Lipinski definition) is 3. The van der Waals surface area contributed by atoms with Crippen molar-refractivity contribution >= 4 is 0 Å². The molecule has 1 unspecified atom stereocenters. The van der Waals surface area contributed by atoms with Gasteiger partial charge in [0.15, 0.2) is 0 Å². The van der Waals surface area contributed by atoms with Crippen LogP contribution in [0, 0.1) is 25.2 Å². The Morgan fingerprint density at radius 2 is 2.06 bits per heavy atom. The normalized spacial score (nSPS) is 12.2. The molecule has 3 heteroatoms. The van der Waals surface area contributed by atoms with Crippen molar-refractivity contribution in [3.05, 3.63) is 29.3 Å². The summed E-state index contributed by atoms with van der Waals surface area (Å²) >= 11 is 0. The summed E-state index contributed by atoms with van der Waals surface area (Å²) in [5.41, 5.74) is 2.32. The summed E-state index contributed by atoms with van der Waals surface area (Å²) in [6.07, 6.45) is 0.696. The lowest BCUT2D eigenvalue weighted by Gasteiger charge is -2.15. The van der Waals surface area contributed by atoms with E-state index >= 15 is 0 Å². The van der Waals surface area contributed by atoms with Gasteiger partial charge >= 0.3 is 0 Å². The molecule has 0 saturated carbocycles. The highest BCUT2D eigenvalue weighted by atomic mass is 16.5. The van der Waals surface area contributed by atoms with Gasteiger partial charge in [0.25, 0.3) is 0 Å². The third-order valence-corrected chi connectivity index (χ3v) is 2.70. The van der Waals surface area contributed by atoms with Gasteiger partial charge in [0, 0.05) is 12.5 Å². The molecule has 3 nitrogen and oxygen atoms in total. The van der Waals surface area contributed by atoms with Crippen molar-refractivity contribution in [1.82, 2.24) is 5.32 Å². The van der Waals surface area contributed by atoms with Gasteiger partial charge in [-0.15, -0.1) is 0 Å². The fourth-order valence-corrected chi connectivity index (χ4v) is 1.74. The minimum Gasteiger partial charge on any atom is -0.493 e. The summed E-state index contributed by atoms with van der Waals surface area (Å²) < 4.78 is 5.74. The molecule has 0 bridgehead atoms. The van der Waals surface area contributed by atoms with Gasteiger partial charge in [-0.1, -0.05) is 12.1 Å². The minimum atomic E-state index is -0.143. The Bertz CT molecular complexity index is 421. The third kappa shape index (κ3) is 4.77. The van der Waals surface area contributed by atoms with Gasteiger partial charge in [-0.3, -0.25) is 5.32 Å². The zero-order chi connectivity index (χ0) is 13.5.